The van der Waals surface area contributed by atoms with E-state index in [0.29, 0.717) is 35.7 Å². The minimum Gasteiger partial charge on any atom is -0.339 e. The summed E-state index contributed by atoms with van der Waals surface area (Å²) in [6, 6.07) is 13.0. The molecule has 0 saturated carbocycles. The van der Waals surface area contributed by atoms with Crippen LogP contribution < -0.4 is 5.32 Å². The summed E-state index contributed by atoms with van der Waals surface area (Å²) in [5.74, 6) is -0.856. The van der Waals surface area contributed by atoms with Crippen molar-refractivity contribution in [2.45, 2.75) is 37.0 Å². The van der Waals surface area contributed by atoms with Crippen LogP contribution in [0.5, 0.6) is 0 Å². The highest BCUT2D eigenvalue weighted by Gasteiger charge is 2.34. The van der Waals surface area contributed by atoms with Crippen molar-refractivity contribution in [3.05, 3.63) is 59.1 Å². The Kier molecular flexibility index (Phi) is 7.36. The summed E-state index contributed by atoms with van der Waals surface area (Å²) in [6.07, 6.45) is 4.26. The molecule has 9 heteroatoms. The molecule has 2 heterocycles. The maximum atomic E-state index is 13.1. The number of likely N-dealkylation sites (tertiary alicyclic amines) is 1. The van der Waals surface area contributed by atoms with Crippen LogP contribution in [0.1, 0.15) is 42.5 Å². The van der Waals surface area contributed by atoms with Gasteiger partial charge in [0.1, 0.15) is 0 Å². The van der Waals surface area contributed by atoms with E-state index in [9.17, 15) is 18.0 Å². The highest BCUT2D eigenvalue weighted by Crippen LogP contribution is 2.27. The molecule has 0 unspecified atom stereocenters. The standard InChI is InChI=1S/C24H28ClN3O4S/c25-19-10-12-20(13-11-19)33(31,32)28-16-6-7-18(17-28)23(29)26-22-9-3-2-8-21(22)24(30)27-14-4-1-5-15-27/h2-3,8-13,18H,1,4-7,14-17H2,(H,26,29)/t18-/m0/s1. The summed E-state index contributed by atoms with van der Waals surface area (Å²) in [6.45, 7) is 1.90. The van der Waals surface area contributed by atoms with Crippen molar-refractivity contribution in [1.29, 1.82) is 0 Å². The fourth-order valence-corrected chi connectivity index (χ4v) is 6.06. The number of sulfonamides is 1. The summed E-state index contributed by atoms with van der Waals surface area (Å²) in [5.41, 5.74) is 0.935. The van der Waals surface area contributed by atoms with Crippen molar-refractivity contribution in [2.75, 3.05) is 31.5 Å². The number of nitrogens with zero attached hydrogens (tertiary/aromatic N) is 2. The first-order valence-corrected chi connectivity index (χ1v) is 13.1. The van der Waals surface area contributed by atoms with Crippen LogP contribution in [-0.4, -0.2) is 55.6 Å². The molecule has 2 amide bonds. The van der Waals surface area contributed by atoms with Crippen LogP contribution in [-0.2, 0) is 14.8 Å². The fourth-order valence-electron chi connectivity index (χ4n) is 4.41. The normalized spacial score (nSPS) is 19.8. The summed E-state index contributed by atoms with van der Waals surface area (Å²) >= 11 is 5.89. The van der Waals surface area contributed by atoms with E-state index in [4.69, 9.17) is 11.6 Å². The number of benzene rings is 2. The van der Waals surface area contributed by atoms with Gasteiger partial charge in [-0.25, -0.2) is 8.42 Å². The van der Waals surface area contributed by atoms with Crippen LogP contribution in [0.4, 0.5) is 5.69 Å². The first kappa shape index (κ1) is 23.7. The second kappa shape index (κ2) is 10.2. The van der Waals surface area contributed by atoms with Gasteiger partial charge in [0.05, 0.1) is 22.1 Å². The van der Waals surface area contributed by atoms with E-state index in [1.165, 1.54) is 16.4 Å². The Labute approximate surface area is 199 Å². The minimum absolute atomic E-state index is 0.0822. The van der Waals surface area contributed by atoms with Crippen molar-refractivity contribution in [3.63, 3.8) is 0 Å². The molecule has 4 rings (SSSR count). The molecule has 33 heavy (non-hydrogen) atoms. The van der Waals surface area contributed by atoms with Crippen molar-refractivity contribution in [1.82, 2.24) is 9.21 Å². The maximum absolute atomic E-state index is 13.1. The number of rotatable bonds is 5. The van der Waals surface area contributed by atoms with Gasteiger partial charge >= 0.3 is 0 Å². The predicted octanol–water partition coefficient (Wildman–Crippen LogP) is 4.01. The lowest BCUT2D eigenvalue weighted by Crippen LogP contribution is -2.43. The lowest BCUT2D eigenvalue weighted by molar-refractivity contribution is -0.120. The molecule has 2 aliphatic heterocycles. The number of nitrogens with one attached hydrogen (secondary N) is 1. The minimum atomic E-state index is -3.72. The third-order valence-corrected chi connectivity index (χ3v) is 8.40. The molecular formula is C24H28ClN3O4S. The van der Waals surface area contributed by atoms with E-state index in [1.54, 1.807) is 36.4 Å². The van der Waals surface area contributed by atoms with Gasteiger partial charge < -0.3 is 10.2 Å². The van der Waals surface area contributed by atoms with Gasteiger partial charge in [0, 0.05) is 31.2 Å². The van der Waals surface area contributed by atoms with Gasteiger partial charge in [0.2, 0.25) is 15.9 Å². The topological polar surface area (TPSA) is 86.8 Å². The van der Waals surface area contributed by atoms with Gasteiger partial charge in [0.15, 0.2) is 0 Å². The van der Waals surface area contributed by atoms with E-state index in [2.05, 4.69) is 5.32 Å². The molecular weight excluding hydrogens is 462 g/mol. The van der Waals surface area contributed by atoms with E-state index >= 15 is 0 Å². The van der Waals surface area contributed by atoms with Crippen LogP contribution in [0.15, 0.2) is 53.4 Å². The SMILES string of the molecule is O=C(Nc1ccccc1C(=O)N1CCCCC1)[C@H]1CCCN(S(=O)(=O)c2ccc(Cl)cc2)C1. The second-order valence-corrected chi connectivity index (χ2v) is 10.9. The second-order valence-electron chi connectivity index (χ2n) is 8.54. The number of amides is 2. The Balaban J connectivity index is 1.47. The summed E-state index contributed by atoms with van der Waals surface area (Å²) in [7, 11) is -3.72. The molecule has 0 bridgehead atoms. The van der Waals surface area contributed by atoms with Crippen molar-refractivity contribution in [2.24, 2.45) is 5.92 Å². The van der Waals surface area contributed by atoms with Crippen molar-refractivity contribution < 1.29 is 18.0 Å². The first-order valence-electron chi connectivity index (χ1n) is 11.3. The monoisotopic (exact) mass is 489 g/mol. The molecule has 1 atom stereocenters. The van der Waals surface area contributed by atoms with Gasteiger partial charge in [-0.1, -0.05) is 23.7 Å². The molecule has 2 aromatic rings. The zero-order valence-electron chi connectivity index (χ0n) is 18.4. The Morgan fingerprint density at radius 3 is 2.33 bits per heavy atom. The lowest BCUT2D eigenvalue weighted by atomic mass is 9.98. The van der Waals surface area contributed by atoms with Crippen LogP contribution in [0.2, 0.25) is 5.02 Å². The Hall–Kier alpha value is -2.42. The quantitative estimate of drug-likeness (QED) is 0.687. The van der Waals surface area contributed by atoms with Gasteiger partial charge in [-0.15, -0.1) is 0 Å². The highest BCUT2D eigenvalue weighted by atomic mass is 35.5. The number of hydrogen-bond donors (Lipinski definition) is 1. The molecule has 2 saturated heterocycles. The molecule has 2 aromatic carbocycles. The zero-order chi connectivity index (χ0) is 23.4. The zero-order valence-corrected chi connectivity index (χ0v) is 19.9. The number of carbonyl (C=O) groups excluding carboxylic acids is 2. The Bertz CT molecular complexity index is 1110. The number of piperidine rings is 2. The van der Waals surface area contributed by atoms with Crippen molar-refractivity contribution in [3.8, 4) is 0 Å². The van der Waals surface area contributed by atoms with Gasteiger partial charge in [-0.05, 0) is 68.5 Å². The van der Waals surface area contributed by atoms with Crippen LogP contribution in [0, 0.1) is 5.92 Å². The third-order valence-electron chi connectivity index (χ3n) is 6.26. The van der Waals surface area contributed by atoms with Crippen LogP contribution >= 0.6 is 11.6 Å². The molecule has 176 valence electrons. The fraction of sp³-hybridized carbons (Fsp3) is 0.417. The van der Waals surface area contributed by atoms with Gasteiger partial charge in [-0.3, -0.25) is 9.59 Å². The lowest BCUT2D eigenvalue weighted by Gasteiger charge is -2.31. The number of hydrogen-bond acceptors (Lipinski definition) is 4. The largest absolute Gasteiger partial charge is 0.339 e. The molecule has 7 nitrogen and oxygen atoms in total. The molecule has 2 fully saturated rings. The summed E-state index contributed by atoms with van der Waals surface area (Å²) < 4.78 is 27.4. The maximum Gasteiger partial charge on any atom is 0.255 e. The molecule has 0 aromatic heterocycles. The Morgan fingerprint density at radius 1 is 0.909 bits per heavy atom. The van der Waals surface area contributed by atoms with Crippen molar-refractivity contribution >= 4 is 39.1 Å². The molecule has 0 spiro atoms. The van der Waals surface area contributed by atoms with E-state index in [1.807, 2.05) is 4.90 Å². The smallest absolute Gasteiger partial charge is 0.255 e. The van der Waals surface area contributed by atoms with Crippen LogP contribution in [0.25, 0.3) is 0 Å². The molecule has 0 radical (unpaired) electrons. The Morgan fingerprint density at radius 2 is 1.61 bits per heavy atom. The van der Waals surface area contributed by atoms with E-state index < -0.39 is 15.9 Å². The average molecular weight is 490 g/mol. The van der Waals surface area contributed by atoms with Crippen LogP contribution in [0.3, 0.4) is 0 Å². The highest BCUT2D eigenvalue weighted by molar-refractivity contribution is 7.89. The van der Waals surface area contributed by atoms with E-state index in [0.717, 1.165) is 32.4 Å². The number of para-hydroxylation sites is 1. The number of halogens is 1. The molecule has 1 N–H and O–H groups in total. The number of anilines is 1. The third kappa shape index (κ3) is 5.39. The number of carbonyl (C=O) groups is 2. The molecule has 2 aliphatic rings. The van der Waals surface area contributed by atoms with Gasteiger partial charge in [0.25, 0.3) is 5.91 Å². The van der Waals surface area contributed by atoms with E-state index in [-0.39, 0.29) is 23.3 Å². The first-order chi connectivity index (χ1) is 15.9. The predicted molar refractivity (Wildman–Crippen MR) is 128 cm³/mol. The molecule has 0 aliphatic carbocycles. The summed E-state index contributed by atoms with van der Waals surface area (Å²) in [4.78, 5) is 28.1. The summed E-state index contributed by atoms with van der Waals surface area (Å²) in [5, 5.41) is 3.35. The van der Waals surface area contributed by atoms with Gasteiger partial charge in [-0.2, -0.15) is 4.31 Å². The average Bonchev–Trinajstić information content (AvgIpc) is 2.85.